The highest BCUT2D eigenvalue weighted by Crippen LogP contribution is 2.50. The van der Waals surface area contributed by atoms with Crippen LogP contribution in [-0.4, -0.2) is 74.3 Å². The maximum absolute atomic E-state index is 18.0. The molecule has 1 fully saturated rings. The van der Waals surface area contributed by atoms with E-state index in [-0.39, 0.29) is 40.0 Å². The van der Waals surface area contributed by atoms with Crippen molar-refractivity contribution in [3.05, 3.63) is 81.4 Å². The molecule has 2 atom stereocenters. The molecule has 10 nitrogen and oxygen atoms in total. The number of aromatic amines is 1. The predicted molar refractivity (Wildman–Crippen MR) is 189 cm³/mol. The van der Waals surface area contributed by atoms with Crippen LogP contribution in [0, 0.1) is 19.7 Å². The average Bonchev–Trinajstić information content (AvgIpc) is 3.52. The van der Waals surface area contributed by atoms with Gasteiger partial charge in [0.2, 0.25) is 5.91 Å². The minimum atomic E-state index is -0.632. The molecule has 1 amide bonds. The van der Waals surface area contributed by atoms with Crippen LogP contribution in [0.2, 0.25) is 5.02 Å². The van der Waals surface area contributed by atoms with Gasteiger partial charge in [0.1, 0.15) is 11.3 Å². The number of aromatic nitrogens is 5. The van der Waals surface area contributed by atoms with Crippen LogP contribution in [0.4, 0.5) is 15.9 Å². The number of carbonyl (C=O) groups is 1. The van der Waals surface area contributed by atoms with Crippen molar-refractivity contribution in [2.75, 3.05) is 36.5 Å². The molecule has 1 saturated heterocycles. The van der Waals surface area contributed by atoms with Crippen molar-refractivity contribution < 1.29 is 9.18 Å². The van der Waals surface area contributed by atoms with Gasteiger partial charge in [0, 0.05) is 55.4 Å². The first-order valence-electron chi connectivity index (χ1n) is 16.2. The lowest BCUT2D eigenvalue weighted by Gasteiger charge is -2.48. The molecule has 248 valence electrons. The summed E-state index contributed by atoms with van der Waals surface area (Å²) in [4.78, 5) is 42.7. The fourth-order valence-electron chi connectivity index (χ4n) is 7.65. The lowest BCUT2D eigenvalue weighted by Crippen LogP contribution is -2.60. The molecule has 0 bridgehead atoms. The molecule has 0 aliphatic carbocycles. The second-order valence-corrected chi connectivity index (χ2v) is 13.7. The smallest absolute Gasteiger partial charge is 0.354 e. The van der Waals surface area contributed by atoms with E-state index in [9.17, 15) is 9.59 Å². The third-order valence-corrected chi connectivity index (χ3v) is 10.2. The molecule has 12 heteroatoms. The zero-order valence-electron chi connectivity index (χ0n) is 27.9. The van der Waals surface area contributed by atoms with Crippen LogP contribution in [0.15, 0.2) is 48.0 Å². The maximum atomic E-state index is 18.0. The van der Waals surface area contributed by atoms with Crippen LogP contribution in [0.25, 0.3) is 38.6 Å². The molecule has 7 rings (SSSR count). The summed E-state index contributed by atoms with van der Waals surface area (Å²) >= 11 is 7.42. The fraction of sp³-hybridized carbons (Fsp3) is 0.361. The Balaban J connectivity index is 1.67. The predicted octanol–water partition coefficient (Wildman–Crippen LogP) is 6.29. The number of hydrogen-bond donors (Lipinski definition) is 1. The Bertz CT molecular complexity index is 2210. The number of nitrogens with one attached hydrogen (secondary N) is 1. The van der Waals surface area contributed by atoms with Crippen molar-refractivity contribution in [3.63, 3.8) is 0 Å². The number of aryl methyl sites for hydroxylation is 2. The third kappa shape index (κ3) is 4.69. The van der Waals surface area contributed by atoms with Gasteiger partial charge >= 0.3 is 5.69 Å². The Hall–Kier alpha value is -4.77. The Kier molecular flexibility index (Phi) is 7.77. The number of halogens is 2. The number of nitrogens with zero attached hydrogens (tertiary/aromatic N) is 7. The monoisotopic (exact) mass is 668 g/mol. The molecule has 5 heterocycles. The normalized spacial score (nSPS) is 18.0. The van der Waals surface area contributed by atoms with Crippen LogP contribution in [0.1, 0.15) is 49.9 Å². The molecule has 1 N–H and O–H groups in total. The first kappa shape index (κ1) is 31.8. The second kappa shape index (κ2) is 11.7. The Labute approximate surface area is 282 Å². The van der Waals surface area contributed by atoms with Gasteiger partial charge in [0.25, 0.3) is 0 Å². The van der Waals surface area contributed by atoms with E-state index in [1.807, 2.05) is 64.8 Å². The summed E-state index contributed by atoms with van der Waals surface area (Å²) in [6, 6.07) is 5.22. The van der Waals surface area contributed by atoms with Crippen LogP contribution >= 0.6 is 11.6 Å². The molecule has 2 aliphatic rings. The van der Waals surface area contributed by atoms with Crippen molar-refractivity contribution in [3.8, 4) is 16.8 Å². The quantitative estimate of drug-likeness (QED) is 0.225. The highest BCUT2D eigenvalue weighted by Gasteiger charge is 2.40. The van der Waals surface area contributed by atoms with Crippen LogP contribution < -0.4 is 15.5 Å². The van der Waals surface area contributed by atoms with Crippen molar-refractivity contribution in [1.29, 1.82) is 0 Å². The van der Waals surface area contributed by atoms with Crippen LogP contribution in [-0.2, 0) is 4.79 Å². The summed E-state index contributed by atoms with van der Waals surface area (Å²) < 4.78 is 19.4. The van der Waals surface area contributed by atoms with E-state index in [1.165, 1.54) is 10.6 Å². The summed E-state index contributed by atoms with van der Waals surface area (Å²) in [7, 11) is 1.93. The number of rotatable bonds is 4. The van der Waals surface area contributed by atoms with Crippen molar-refractivity contribution in [2.24, 2.45) is 0 Å². The van der Waals surface area contributed by atoms with E-state index in [0.717, 1.165) is 22.0 Å². The zero-order valence-corrected chi connectivity index (χ0v) is 28.7. The topological polar surface area (TPSA) is 103 Å². The molecular formula is C36H38ClFN8O2. The first-order chi connectivity index (χ1) is 22.9. The van der Waals surface area contributed by atoms with Gasteiger partial charge in [-0.05, 0) is 62.4 Å². The lowest BCUT2D eigenvalue weighted by atomic mass is 9.92. The molecule has 2 aliphatic heterocycles. The lowest BCUT2D eigenvalue weighted by molar-refractivity contribution is -0.127. The molecule has 3 aromatic heterocycles. The highest BCUT2D eigenvalue weighted by atomic mass is 35.5. The Morgan fingerprint density at radius 2 is 1.92 bits per heavy atom. The highest BCUT2D eigenvalue weighted by molar-refractivity contribution is 6.39. The number of H-pyrrole nitrogens is 1. The van der Waals surface area contributed by atoms with Gasteiger partial charge in [0.05, 0.1) is 45.2 Å². The Morgan fingerprint density at radius 1 is 1.15 bits per heavy atom. The third-order valence-electron chi connectivity index (χ3n) is 9.87. The molecule has 48 heavy (non-hydrogen) atoms. The van der Waals surface area contributed by atoms with Crippen molar-refractivity contribution in [1.82, 2.24) is 29.6 Å². The minimum absolute atomic E-state index is 0.0702. The number of pyridine rings is 1. The summed E-state index contributed by atoms with van der Waals surface area (Å²) in [6.45, 7) is 14.9. The molecule has 2 aromatic carbocycles. The SMILES string of the molecule is C=CC(=O)N1CC(C)N2c3nc(=O)n(-c4c(C)ccnc4C(C)C)c4c(F)c(-c5c(C)ccc6[nH]ncc56)c(Cl)c(c34)N(C)CCC2C1. The zero-order chi connectivity index (χ0) is 34.2. The van der Waals surface area contributed by atoms with E-state index in [0.29, 0.717) is 59.9 Å². The van der Waals surface area contributed by atoms with Gasteiger partial charge in [0.15, 0.2) is 5.82 Å². The van der Waals surface area contributed by atoms with E-state index in [2.05, 4.69) is 26.7 Å². The molecule has 2 unspecified atom stereocenters. The van der Waals surface area contributed by atoms with Crippen LogP contribution in [0.3, 0.4) is 0 Å². The van der Waals surface area contributed by atoms with Gasteiger partial charge < -0.3 is 14.7 Å². The van der Waals surface area contributed by atoms with Gasteiger partial charge in [-0.1, -0.05) is 38.1 Å². The second-order valence-electron chi connectivity index (χ2n) is 13.3. The summed E-state index contributed by atoms with van der Waals surface area (Å²) in [5.41, 5.74) is 4.32. The van der Waals surface area contributed by atoms with Gasteiger partial charge in [-0.15, -0.1) is 0 Å². The molecule has 0 radical (unpaired) electrons. The molecule has 0 spiro atoms. The van der Waals surface area contributed by atoms with Crippen LogP contribution in [0.5, 0.6) is 0 Å². The van der Waals surface area contributed by atoms with E-state index in [1.54, 1.807) is 17.3 Å². The number of fused-ring (bicyclic) bond motifs is 3. The summed E-state index contributed by atoms with van der Waals surface area (Å²) in [5.74, 6) is -0.497. The van der Waals surface area contributed by atoms with E-state index in [4.69, 9.17) is 16.6 Å². The van der Waals surface area contributed by atoms with E-state index < -0.39 is 11.5 Å². The van der Waals surface area contributed by atoms with Gasteiger partial charge in [-0.2, -0.15) is 10.1 Å². The first-order valence-corrected chi connectivity index (χ1v) is 16.6. The number of benzene rings is 2. The summed E-state index contributed by atoms with van der Waals surface area (Å²) in [5, 5.41) is 8.63. The maximum Gasteiger partial charge on any atom is 0.354 e. The number of anilines is 2. The number of hydrogen-bond acceptors (Lipinski definition) is 7. The molecule has 0 saturated carbocycles. The largest absolute Gasteiger partial charge is 0.373 e. The van der Waals surface area contributed by atoms with Gasteiger partial charge in [-0.3, -0.25) is 19.4 Å². The Morgan fingerprint density at radius 3 is 2.65 bits per heavy atom. The fourth-order valence-corrected chi connectivity index (χ4v) is 8.07. The van der Waals surface area contributed by atoms with Gasteiger partial charge in [-0.25, -0.2) is 9.18 Å². The van der Waals surface area contributed by atoms with Crippen molar-refractivity contribution >= 4 is 50.8 Å². The molecule has 5 aromatic rings. The van der Waals surface area contributed by atoms with Crippen molar-refractivity contribution in [2.45, 2.75) is 59.0 Å². The number of carbonyl (C=O) groups excluding carboxylic acids is 1. The number of amides is 1. The summed E-state index contributed by atoms with van der Waals surface area (Å²) in [6.07, 6.45) is 5.35. The number of piperazine rings is 1. The average molecular weight is 669 g/mol. The molecular weight excluding hydrogens is 631 g/mol. The van der Waals surface area contributed by atoms with E-state index >= 15 is 4.39 Å². The minimum Gasteiger partial charge on any atom is -0.373 e. The standard InChI is InChI=1S/C36H38ClFN8O2/c1-8-25(47)44-16-21(6)45-22(17-44)12-14-43(7)33-28-34(30(38)27(29(33)37)26-19(4)9-10-24-23(26)15-40-42-24)46(36(48)41-35(28)45)32-20(5)11-13-39-31(32)18(2)3/h8-11,13,15,18,21-22H,1,12,14,16-17H2,2-7H3,(H,40,42).